The molecule has 0 unspecified atom stereocenters. The maximum Gasteiger partial charge on any atom is 0.409 e. The van der Waals surface area contributed by atoms with Gasteiger partial charge in [0, 0.05) is 42.9 Å². The van der Waals surface area contributed by atoms with Gasteiger partial charge in [-0.05, 0) is 31.7 Å². The first-order chi connectivity index (χ1) is 10.2. The standard InChI is InChI=1S/C15H22BrN3O2/c1-3-21-15(20)19-8-6-18(7-9-19)13-5-4-12(11-17-2)14(16)10-13/h4-5,10,17H,3,6-9,11H2,1-2H3. The van der Waals surface area contributed by atoms with Gasteiger partial charge in [-0.1, -0.05) is 22.0 Å². The van der Waals surface area contributed by atoms with Crippen LogP contribution in [-0.4, -0.2) is 50.8 Å². The van der Waals surface area contributed by atoms with Gasteiger partial charge in [0.25, 0.3) is 0 Å². The summed E-state index contributed by atoms with van der Waals surface area (Å²) in [6.07, 6.45) is -0.206. The van der Waals surface area contributed by atoms with E-state index in [1.165, 1.54) is 11.3 Å². The normalized spacial score (nSPS) is 15.2. The van der Waals surface area contributed by atoms with E-state index in [1.54, 1.807) is 4.90 Å². The second-order valence-electron chi connectivity index (χ2n) is 4.98. The van der Waals surface area contributed by atoms with E-state index in [-0.39, 0.29) is 6.09 Å². The lowest BCUT2D eigenvalue weighted by atomic mass is 10.2. The number of hydrogen-bond acceptors (Lipinski definition) is 4. The molecule has 0 saturated carbocycles. The van der Waals surface area contributed by atoms with Gasteiger partial charge in [0.2, 0.25) is 0 Å². The van der Waals surface area contributed by atoms with Crippen molar-refractivity contribution < 1.29 is 9.53 Å². The van der Waals surface area contributed by atoms with E-state index < -0.39 is 0 Å². The van der Waals surface area contributed by atoms with Crippen LogP contribution < -0.4 is 10.2 Å². The predicted molar refractivity (Wildman–Crippen MR) is 87.7 cm³/mol. The van der Waals surface area contributed by atoms with Crippen LogP contribution in [0, 0.1) is 0 Å². The number of benzene rings is 1. The number of anilines is 1. The summed E-state index contributed by atoms with van der Waals surface area (Å²) in [5.41, 5.74) is 2.43. The molecule has 6 heteroatoms. The minimum absolute atomic E-state index is 0.206. The molecule has 5 nitrogen and oxygen atoms in total. The van der Waals surface area contributed by atoms with Gasteiger partial charge in [0.05, 0.1) is 6.61 Å². The summed E-state index contributed by atoms with van der Waals surface area (Å²) in [6, 6.07) is 6.41. The second kappa shape index (κ2) is 7.66. The number of hydrogen-bond donors (Lipinski definition) is 1. The minimum atomic E-state index is -0.206. The fourth-order valence-electron chi connectivity index (χ4n) is 2.43. The number of carbonyl (C=O) groups excluding carboxylic acids is 1. The Morgan fingerprint density at radius 3 is 2.62 bits per heavy atom. The highest BCUT2D eigenvalue weighted by molar-refractivity contribution is 9.10. The van der Waals surface area contributed by atoms with Crippen molar-refractivity contribution in [3.8, 4) is 0 Å². The molecule has 1 fully saturated rings. The van der Waals surface area contributed by atoms with E-state index in [0.717, 1.165) is 24.1 Å². The van der Waals surface area contributed by atoms with Crippen LogP contribution in [-0.2, 0) is 11.3 Å². The summed E-state index contributed by atoms with van der Waals surface area (Å²) in [6.45, 7) is 6.17. The molecule has 1 amide bonds. The van der Waals surface area contributed by atoms with Gasteiger partial charge in [-0.3, -0.25) is 0 Å². The maximum absolute atomic E-state index is 11.7. The van der Waals surface area contributed by atoms with E-state index in [1.807, 2.05) is 14.0 Å². The van der Waals surface area contributed by atoms with E-state index in [9.17, 15) is 4.79 Å². The lowest BCUT2D eigenvalue weighted by Gasteiger charge is -2.35. The molecule has 1 saturated heterocycles. The molecule has 0 aliphatic carbocycles. The van der Waals surface area contributed by atoms with Gasteiger partial charge < -0.3 is 19.9 Å². The molecule has 116 valence electrons. The Hall–Kier alpha value is -1.27. The maximum atomic E-state index is 11.7. The molecule has 1 heterocycles. The molecule has 1 aromatic carbocycles. The first-order valence-electron chi connectivity index (χ1n) is 7.25. The number of amides is 1. The minimum Gasteiger partial charge on any atom is -0.450 e. The van der Waals surface area contributed by atoms with Crippen LogP contribution in [0.2, 0.25) is 0 Å². The third-order valence-corrected chi connectivity index (χ3v) is 4.31. The Morgan fingerprint density at radius 1 is 1.33 bits per heavy atom. The van der Waals surface area contributed by atoms with Gasteiger partial charge in [0.15, 0.2) is 0 Å². The van der Waals surface area contributed by atoms with Crippen LogP contribution >= 0.6 is 15.9 Å². The van der Waals surface area contributed by atoms with Crippen LogP contribution in [0.3, 0.4) is 0 Å². The highest BCUT2D eigenvalue weighted by Gasteiger charge is 2.22. The number of carbonyl (C=O) groups is 1. The number of nitrogens with one attached hydrogen (secondary N) is 1. The highest BCUT2D eigenvalue weighted by Crippen LogP contribution is 2.25. The molecule has 1 N–H and O–H groups in total. The van der Waals surface area contributed by atoms with Crippen molar-refractivity contribution in [2.75, 3.05) is 44.7 Å². The van der Waals surface area contributed by atoms with Crippen molar-refractivity contribution >= 4 is 27.7 Å². The third kappa shape index (κ3) is 4.11. The highest BCUT2D eigenvalue weighted by atomic mass is 79.9. The first kappa shape index (κ1) is 16.1. The van der Waals surface area contributed by atoms with Crippen molar-refractivity contribution in [1.82, 2.24) is 10.2 Å². The lowest BCUT2D eigenvalue weighted by Crippen LogP contribution is -2.49. The molecule has 1 aromatic rings. The summed E-state index contributed by atoms with van der Waals surface area (Å²) < 4.78 is 6.15. The van der Waals surface area contributed by atoms with Crippen LogP contribution in [0.5, 0.6) is 0 Å². The van der Waals surface area contributed by atoms with Gasteiger partial charge in [-0.25, -0.2) is 4.79 Å². The topological polar surface area (TPSA) is 44.8 Å². The number of rotatable bonds is 4. The molecule has 0 radical (unpaired) electrons. The first-order valence-corrected chi connectivity index (χ1v) is 8.04. The zero-order valence-corrected chi connectivity index (χ0v) is 14.1. The molecule has 2 rings (SSSR count). The summed E-state index contributed by atoms with van der Waals surface area (Å²) in [7, 11) is 1.94. The monoisotopic (exact) mass is 355 g/mol. The molecule has 1 aliphatic rings. The number of piperazine rings is 1. The average molecular weight is 356 g/mol. The largest absolute Gasteiger partial charge is 0.450 e. The summed E-state index contributed by atoms with van der Waals surface area (Å²) in [5, 5.41) is 3.15. The average Bonchev–Trinajstić information content (AvgIpc) is 2.50. The number of halogens is 1. The van der Waals surface area contributed by atoms with E-state index in [4.69, 9.17) is 4.74 Å². The molecule has 21 heavy (non-hydrogen) atoms. The summed E-state index contributed by atoms with van der Waals surface area (Å²) in [5.74, 6) is 0. The van der Waals surface area contributed by atoms with Crippen molar-refractivity contribution in [2.45, 2.75) is 13.5 Å². The molecule has 0 atom stereocenters. The fraction of sp³-hybridized carbons (Fsp3) is 0.533. The second-order valence-corrected chi connectivity index (χ2v) is 5.83. The van der Waals surface area contributed by atoms with Crippen molar-refractivity contribution in [3.05, 3.63) is 28.2 Å². The quantitative estimate of drug-likeness (QED) is 0.900. The molecule has 0 spiro atoms. The molecular weight excluding hydrogens is 334 g/mol. The predicted octanol–water partition coefficient (Wildman–Crippen LogP) is 2.45. The van der Waals surface area contributed by atoms with Crippen LogP contribution in [0.15, 0.2) is 22.7 Å². The number of nitrogens with zero attached hydrogens (tertiary/aromatic N) is 2. The van der Waals surface area contributed by atoms with Gasteiger partial charge in [0.1, 0.15) is 0 Å². The third-order valence-electron chi connectivity index (χ3n) is 3.57. The van der Waals surface area contributed by atoms with Gasteiger partial charge in [-0.2, -0.15) is 0 Å². The lowest BCUT2D eigenvalue weighted by molar-refractivity contribution is 0.105. The van der Waals surface area contributed by atoms with E-state index >= 15 is 0 Å². The summed E-state index contributed by atoms with van der Waals surface area (Å²) >= 11 is 3.62. The smallest absolute Gasteiger partial charge is 0.409 e. The zero-order valence-electron chi connectivity index (χ0n) is 12.6. The zero-order chi connectivity index (χ0) is 15.2. The van der Waals surface area contributed by atoms with Crippen LogP contribution in [0.4, 0.5) is 10.5 Å². The Kier molecular flexibility index (Phi) is 5.87. The van der Waals surface area contributed by atoms with E-state index in [2.05, 4.69) is 44.3 Å². The summed E-state index contributed by atoms with van der Waals surface area (Å²) in [4.78, 5) is 15.7. The molecule has 1 aliphatic heterocycles. The van der Waals surface area contributed by atoms with Crippen molar-refractivity contribution in [1.29, 1.82) is 0 Å². The SMILES string of the molecule is CCOC(=O)N1CCN(c2ccc(CNC)c(Br)c2)CC1. The van der Waals surface area contributed by atoms with Gasteiger partial charge in [-0.15, -0.1) is 0 Å². The molecular formula is C15H22BrN3O2. The Morgan fingerprint density at radius 2 is 2.05 bits per heavy atom. The fourth-order valence-corrected chi connectivity index (χ4v) is 2.94. The van der Waals surface area contributed by atoms with Crippen molar-refractivity contribution in [2.24, 2.45) is 0 Å². The Labute approximate surface area is 134 Å². The Balaban J connectivity index is 1.96. The number of ether oxygens (including phenoxy) is 1. The van der Waals surface area contributed by atoms with Crippen LogP contribution in [0.25, 0.3) is 0 Å². The van der Waals surface area contributed by atoms with Gasteiger partial charge >= 0.3 is 6.09 Å². The molecule has 0 bridgehead atoms. The molecule has 0 aromatic heterocycles. The Bertz CT molecular complexity index is 488. The van der Waals surface area contributed by atoms with E-state index in [0.29, 0.717) is 19.7 Å². The van der Waals surface area contributed by atoms with Crippen LogP contribution in [0.1, 0.15) is 12.5 Å². The van der Waals surface area contributed by atoms with Crippen molar-refractivity contribution in [3.63, 3.8) is 0 Å².